The molecule has 38 valence electrons. The van der Waals surface area contributed by atoms with Gasteiger partial charge in [-0.15, -0.1) is 0 Å². The number of methoxy groups -OCH3 is 1. The number of rotatable bonds is 3. The predicted molar refractivity (Wildman–Crippen MR) is 27.8 cm³/mol. The first kappa shape index (κ1) is 6.72. The van der Waals surface area contributed by atoms with Crippen molar-refractivity contribution in [3.8, 4) is 0 Å². The van der Waals surface area contributed by atoms with E-state index in [9.17, 15) is 0 Å². The van der Waals surface area contributed by atoms with Gasteiger partial charge >= 0.3 is 50.5 Å². The second kappa shape index (κ2) is 5.72. The summed E-state index contributed by atoms with van der Waals surface area (Å²) in [4.78, 5) is 0. The Morgan fingerprint density at radius 3 is 2.50 bits per heavy atom. The molecule has 0 aromatic rings. The van der Waals surface area contributed by atoms with Crippen LogP contribution in [0.5, 0.6) is 0 Å². The number of hydrogen-bond acceptors (Lipinski definition) is 2. The van der Waals surface area contributed by atoms with Crippen LogP contribution in [-0.4, -0.2) is 41.1 Å². The minimum atomic E-state index is 0.466. The topological polar surface area (TPSA) is 18.5 Å². The van der Waals surface area contributed by atoms with E-state index in [2.05, 4.69) is 4.74 Å². The van der Waals surface area contributed by atoms with Crippen LogP contribution in [0.2, 0.25) is 0 Å². The van der Waals surface area contributed by atoms with Crippen LogP contribution in [0.4, 0.5) is 0 Å². The third-order valence-corrected chi connectivity index (χ3v) is 1.57. The van der Waals surface area contributed by atoms with Crippen molar-refractivity contribution >= 4 is 22.5 Å². The molecule has 0 aliphatic carbocycles. The molecule has 6 heavy (non-hydrogen) atoms. The second-order valence-electron chi connectivity index (χ2n) is 0.899. The summed E-state index contributed by atoms with van der Waals surface area (Å²) in [7, 11) is 1.63. The van der Waals surface area contributed by atoms with Gasteiger partial charge in [0.2, 0.25) is 0 Å². The molecule has 0 aliphatic rings. The number of ether oxygens (including phenoxy) is 2. The van der Waals surface area contributed by atoms with Gasteiger partial charge in [-0.1, -0.05) is 0 Å². The van der Waals surface area contributed by atoms with Crippen LogP contribution in [-0.2, 0) is 9.47 Å². The normalized spacial score (nSPS) is 9.50. The fourth-order valence-corrected chi connectivity index (χ4v) is 0.642. The van der Waals surface area contributed by atoms with Crippen molar-refractivity contribution < 1.29 is 9.47 Å². The van der Waals surface area contributed by atoms with Gasteiger partial charge in [-0.05, 0) is 0 Å². The van der Waals surface area contributed by atoms with Gasteiger partial charge in [0.1, 0.15) is 0 Å². The number of hydrogen-bond donors (Lipinski definition) is 0. The summed E-state index contributed by atoms with van der Waals surface area (Å²) in [5.41, 5.74) is 0. The van der Waals surface area contributed by atoms with Gasteiger partial charge in [0.25, 0.3) is 0 Å². The molecule has 0 N–H and O–H groups in total. The van der Waals surface area contributed by atoms with Crippen LogP contribution in [0.3, 0.4) is 0 Å². The van der Waals surface area contributed by atoms with Crippen LogP contribution in [0.25, 0.3) is 0 Å². The maximum atomic E-state index is 4.85. The first-order valence-electron chi connectivity index (χ1n) is 1.98. The van der Waals surface area contributed by atoms with Gasteiger partial charge in [0.05, 0.1) is 0 Å². The Balaban J connectivity index is 2.34. The Bertz CT molecular complexity index is 20.8. The van der Waals surface area contributed by atoms with Crippen molar-refractivity contribution in [2.45, 2.75) is 0 Å². The average Bonchev–Trinajstić information content (AvgIpc) is 1.61. The summed E-state index contributed by atoms with van der Waals surface area (Å²) in [6, 6.07) is 0. The molecular formula is C3H10O2Sn. The van der Waals surface area contributed by atoms with E-state index in [-0.39, 0.29) is 0 Å². The van der Waals surface area contributed by atoms with Crippen molar-refractivity contribution in [2.24, 2.45) is 0 Å². The Morgan fingerprint density at radius 2 is 2.33 bits per heavy atom. The molecule has 0 unspecified atom stereocenters. The molecule has 0 atom stereocenters. The molecule has 0 heterocycles. The zero-order chi connectivity index (χ0) is 4.83. The molecule has 0 aliphatic heterocycles. The Hall–Kier alpha value is 0.719. The van der Waals surface area contributed by atoms with E-state index >= 15 is 0 Å². The SMILES string of the molecule is COCO[CH2][SnH3]. The molecule has 0 aromatic heterocycles. The summed E-state index contributed by atoms with van der Waals surface area (Å²) >= 11 is 0.677. The minimum absolute atomic E-state index is 0.466. The van der Waals surface area contributed by atoms with E-state index in [1.807, 2.05) is 0 Å². The van der Waals surface area contributed by atoms with Gasteiger partial charge in [-0.2, -0.15) is 0 Å². The molecule has 3 heteroatoms. The summed E-state index contributed by atoms with van der Waals surface area (Å²) in [6.07, 6.45) is 0. The van der Waals surface area contributed by atoms with Crippen LogP contribution in [0, 0.1) is 0 Å². The van der Waals surface area contributed by atoms with Crippen LogP contribution >= 0.6 is 0 Å². The summed E-state index contributed by atoms with van der Waals surface area (Å²) in [5, 5.41) is 0. The first-order valence-corrected chi connectivity index (χ1v) is 6.02. The van der Waals surface area contributed by atoms with Gasteiger partial charge in [0.15, 0.2) is 0 Å². The van der Waals surface area contributed by atoms with Gasteiger partial charge in [-0.3, -0.25) is 0 Å². The van der Waals surface area contributed by atoms with E-state index < -0.39 is 0 Å². The quantitative estimate of drug-likeness (QED) is 0.325. The molecule has 0 amide bonds. The van der Waals surface area contributed by atoms with Gasteiger partial charge in [0, 0.05) is 0 Å². The van der Waals surface area contributed by atoms with Crippen molar-refractivity contribution in [1.29, 1.82) is 0 Å². The monoisotopic (exact) mass is 198 g/mol. The van der Waals surface area contributed by atoms with Crippen molar-refractivity contribution in [2.75, 3.05) is 18.5 Å². The van der Waals surface area contributed by atoms with Crippen molar-refractivity contribution in [3.63, 3.8) is 0 Å². The molecule has 0 saturated carbocycles. The third kappa shape index (κ3) is 4.72. The fourth-order valence-electron chi connectivity index (χ4n) is 0.167. The Labute approximate surface area is 50.9 Å². The zero-order valence-corrected chi connectivity index (χ0v) is 9.94. The summed E-state index contributed by atoms with van der Waals surface area (Å²) < 4.78 is 10.4. The Morgan fingerprint density at radius 1 is 1.67 bits per heavy atom. The van der Waals surface area contributed by atoms with Crippen molar-refractivity contribution in [3.05, 3.63) is 0 Å². The predicted octanol–water partition coefficient (Wildman–Crippen LogP) is -1.07. The maximum absolute atomic E-state index is 4.85. The van der Waals surface area contributed by atoms with Crippen molar-refractivity contribution in [1.82, 2.24) is 0 Å². The first-order chi connectivity index (χ1) is 2.91. The summed E-state index contributed by atoms with van der Waals surface area (Å²) in [6.45, 7) is 0.466. The molecule has 0 aromatic carbocycles. The molecule has 0 fully saturated rings. The van der Waals surface area contributed by atoms with Gasteiger partial charge in [-0.25, -0.2) is 0 Å². The molecule has 0 radical (unpaired) electrons. The molecular weight excluding hydrogens is 187 g/mol. The zero-order valence-electron chi connectivity index (χ0n) is 4.23. The fraction of sp³-hybridized carbons (Fsp3) is 1.00. The van der Waals surface area contributed by atoms with E-state index in [1.165, 1.54) is 0 Å². The molecule has 0 bridgehead atoms. The van der Waals surface area contributed by atoms with Crippen LogP contribution in [0.15, 0.2) is 0 Å². The van der Waals surface area contributed by atoms with Crippen LogP contribution in [0.1, 0.15) is 0 Å². The molecule has 2 nitrogen and oxygen atoms in total. The summed E-state index contributed by atoms with van der Waals surface area (Å²) in [5.74, 6) is 0. The van der Waals surface area contributed by atoms with Crippen LogP contribution < -0.4 is 0 Å². The van der Waals surface area contributed by atoms with E-state index in [0.29, 0.717) is 29.3 Å². The van der Waals surface area contributed by atoms with E-state index in [4.69, 9.17) is 4.74 Å². The molecule has 0 spiro atoms. The molecule has 0 saturated heterocycles. The van der Waals surface area contributed by atoms with E-state index in [0.717, 1.165) is 4.62 Å². The molecule has 0 rings (SSSR count). The standard InChI is InChI=1S/C3H7O2.Sn.3H/c1-4-3-5-2;;;;/h1,3H2,2H3;;;;. The second-order valence-corrected chi connectivity index (χ2v) is 2.55. The average molecular weight is 197 g/mol. The van der Waals surface area contributed by atoms with E-state index in [1.54, 1.807) is 7.11 Å². The Kier molecular flexibility index (Phi) is 6.40. The third-order valence-electron chi connectivity index (χ3n) is 0.405. The van der Waals surface area contributed by atoms with Gasteiger partial charge < -0.3 is 0 Å².